The van der Waals surface area contributed by atoms with Crippen LogP contribution >= 0.6 is 11.6 Å². The number of alkyl halides is 1. The summed E-state index contributed by atoms with van der Waals surface area (Å²) in [6.45, 7) is 26.0. The van der Waals surface area contributed by atoms with Crippen LogP contribution in [0, 0.1) is 0 Å². The first kappa shape index (κ1) is 41.9. The van der Waals surface area contributed by atoms with Crippen molar-refractivity contribution in [3.8, 4) is 0 Å². The fraction of sp³-hybridized carbons (Fsp3) is 0.659. The minimum absolute atomic E-state index is 0.105. The Kier molecular flexibility index (Phi) is 15.2. The van der Waals surface area contributed by atoms with E-state index in [1.54, 1.807) is 4.90 Å². The summed E-state index contributed by atoms with van der Waals surface area (Å²) in [6, 6.07) is 22.0. The Morgan fingerprint density at radius 1 is 0.673 bits per heavy atom. The lowest BCUT2D eigenvalue weighted by molar-refractivity contribution is -0.0423. The second-order valence-corrected chi connectivity index (χ2v) is 17.0. The van der Waals surface area contributed by atoms with Crippen molar-refractivity contribution in [2.45, 2.75) is 117 Å². The van der Waals surface area contributed by atoms with Gasteiger partial charge in [-0.05, 0) is 73.4 Å². The molecule has 0 N–H and O–H groups in total. The lowest BCUT2D eigenvalue weighted by Gasteiger charge is -2.47. The molecule has 2 aromatic carbocycles. The molecule has 3 aliphatic heterocycles. The quantitative estimate of drug-likeness (QED) is 0.283. The second kappa shape index (κ2) is 18.9. The highest BCUT2D eigenvalue weighted by atomic mass is 35.5. The molecule has 3 aliphatic rings. The number of carbonyl (C=O) groups is 2. The molecule has 5 atom stereocenters. The average Bonchev–Trinajstić information content (AvgIpc) is 3.06. The molecule has 0 unspecified atom stereocenters. The highest BCUT2D eigenvalue weighted by molar-refractivity contribution is 6.18. The van der Waals surface area contributed by atoms with Crippen molar-refractivity contribution in [3.63, 3.8) is 0 Å². The Balaban J connectivity index is 0.000000239. The SMILES string of the molecule is C[C@@H]1CN(Cc2ccccc2)[C@@H](CCl)CN1C(=O)OC(C)(C)C.C[C@@H]1COCCN1C[C@H]1CN(C(=O)OC(C)(C)C)[C@H](C)CN1Cc1ccccc1. The number of hydrogen-bond donors (Lipinski definition) is 0. The van der Waals surface area contributed by atoms with E-state index in [2.05, 4.69) is 77.9 Å². The largest absolute Gasteiger partial charge is 0.444 e. The Hall–Kier alpha value is -2.89. The van der Waals surface area contributed by atoms with Gasteiger partial charge in [0.1, 0.15) is 11.2 Å². The highest BCUT2D eigenvalue weighted by Gasteiger charge is 2.38. The molecule has 0 bridgehead atoms. The van der Waals surface area contributed by atoms with Crippen molar-refractivity contribution >= 4 is 23.8 Å². The summed E-state index contributed by atoms with van der Waals surface area (Å²) in [5.74, 6) is 0.499. The van der Waals surface area contributed by atoms with E-state index < -0.39 is 11.2 Å². The van der Waals surface area contributed by atoms with E-state index >= 15 is 0 Å². The molecule has 0 spiro atoms. The van der Waals surface area contributed by atoms with E-state index in [4.69, 9.17) is 25.8 Å². The molecule has 0 aromatic heterocycles. The van der Waals surface area contributed by atoms with Gasteiger partial charge in [-0.25, -0.2) is 9.59 Å². The number of carbonyl (C=O) groups excluding carboxylic acids is 2. The standard InChI is InChI=1S/C23H37N3O3.C18H27ClN2O2/c1-18-13-25(14-20-9-7-6-8-10-20)21(15-24-11-12-28-17-19(24)2)16-26(18)22(27)29-23(3,4)5;1-14-11-20(12-15-8-6-5-7-9-15)16(10-19)13-21(14)17(22)23-18(2,3)4/h6-10,18-19,21H,11-17H2,1-5H3;5-9,14,16H,10-13H2,1-4H3/t18-,19-,21+;14-,16+/m11/s1. The summed E-state index contributed by atoms with van der Waals surface area (Å²) in [6.07, 6.45) is -0.455. The maximum absolute atomic E-state index is 12.8. The van der Waals surface area contributed by atoms with Crippen molar-refractivity contribution in [1.82, 2.24) is 24.5 Å². The lowest BCUT2D eigenvalue weighted by atomic mass is 10.0. The van der Waals surface area contributed by atoms with Crippen LogP contribution in [0.15, 0.2) is 60.7 Å². The normalized spacial score (nSPS) is 25.2. The van der Waals surface area contributed by atoms with E-state index in [9.17, 15) is 9.59 Å². The van der Waals surface area contributed by atoms with Gasteiger partial charge in [-0.2, -0.15) is 0 Å². The van der Waals surface area contributed by atoms with E-state index in [0.717, 1.165) is 52.5 Å². The minimum atomic E-state index is -0.480. The zero-order valence-corrected chi connectivity index (χ0v) is 33.8. The Morgan fingerprint density at radius 2 is 1.12 bits per heavy atom. The van der Waals surface area contributed by atoms with Gasteiger partial charge < -0.3 is 24.0 Å². The third kappa shape index (κ3) is 12.9. The first-order valence-electron chi connectivity index (χ1n) is 19.0. The van der Waals surface area contributed by atoms with Gasteiger partial charge in [0.05, 0.1) is 13.2 Å². The van der Waals surface area contributed by atoms with E-state index in [-0.39, 0.29) is 36.4 Å². The van der Waals surface area contributed by atoms with Crippen LogP contribution in [0.4, 0.5) is 9.59 Å². The molecule has 3 heterocycles. The van der Waals surface area contributed by atoms with Crippen LogP contribution in [0.2, 0.25) is 0 Å². The first-order chi connectivity index (χ1) is 24.5. The van der Waals surface area contributed by atoms with Crippen molar-refractivity contribution in [1.29, 1.82) is 0 Å². The van der Waals surface area contributed by atoms with Crippen molar-refractivity contribution in [2.24, 2.45) is 0 Å². The van der Waals surface area contributed by atoms with Gasteiger partial charge in [-0.15, -0.1) is 11.6 Å². The number of morpholine rings is 1. The number of ether oxygens (including phenoxy) is 3. The molecule has 0 radical (unpaired) electrons. The van der Waals surface area contributed by atoms with Crippen LogP contribution in [0.3, 0.4) is 0 Å². The van der Waals surface area contributed by atoms with Crippen LogP contribution in [0.25, 0.3) is 0 Å². The van der Waals surface area contributed by atoms with Crippen molar-refractivity contribution in [3.05, 3.63) is 71.8 Å². The predicted molar refractivity (Wildman–Crippen MR) is 209 cm³/mol. The second-order valence-electron chi connectivity index (χ2n) is 16.7. The molecule has 10 nitrogen and oxygen atoms in total. The monoisotopic (exact) mass is 741 g/mol. The summed E-state index contributed by atoms with van der Waals surface area (Å²) in [7, 11) is 0. The van der Waals surface area contributed by atoms with Crippen molar-refractivity contribution < 1.29 is 23.8 Å². The molecule has 0 saturated carbocycles. The van der Waals surface area contributed by atoms with Crippen LogP contribution in [-0.4, -0.2) is 136 Å². The van der Waals surface area contributed by atoms with Crippen LogP contribution in [-0.2, 0) is 27.3 Å². The van der Waals surface area contributed by atoms with Gasteiger partial charge in [0.15, 0.2) is 0 Å². The summed E-state index contributed by atoms with van der Waals surface area (Å²) < 4.78 is 16.8. The third-order valence-corrected chi connectivity index (χ3v) is 10.1. The average molecular weight is 742 g/mol. The molecule has 2 aromatic rings. The summed E-state index contributed by atoms with van der Waals surface area (Å²) in [4.78, 5) is 36.3. The van der Waals surface area contributed by atoms with Crippen LogP contribution < -0.4 is 0 Å². The van der Waals surface area contributed by atoms with E-state index in [1.807, 2.05) is 64.6 Å². The number of amides is 2. The van der Waals surface area contributed by atoms with Crippen LogP contribution in [0.5, 0.6) is 0 Å². The van der Waals surface area contributed by atoms with Gasteiger partial charge in [0.25, 0.3) is 0 Å². The molecule has 290 valence electrons. The van der Waals surface area contributed by atoms with E-state index in [1.165, 1.54) is 11.1 Å². The van der Waals surface area contributed by atoms with Gasteiger partial charge in [0.2, 0.25) is 0 Å². The molecule has 2 amide bonds. The number of rotatable bonds is 7. The molecule has 3 saturated heterocycles. The molecular weight excluding hydrogens is 678 g/mol. The third-order valence-electron chi connectivity index (χ3n) is 9.75. The van der Waals surface area contributed by atoms with Crippen molar-refractivity contribution in [2.75, 3.05) is 58.4 Å². The van der Waals surface area contributed by atoms with Gasteiger partial charge in [-0.3, -0.25) is 14.7 Å². The lowest BCUT2D eigenvalue weighted by Crippen LogP contribution is -2.62. The van der Waals surface area contributed by atoms with Gasteiger partial charge in [-0.1, -0.05) is 60.7 Å². The smallest absolute Gasteiger partial charge is 0.410 e. The minimum Gasteiger partial charge on any atom is -0.444 e. The summed E-state index contributed by atoms with van der Waals surface area (Å²) in [5.41, 5.74) is 1.62. The fourth-order valence-corrected chi connectivity index (χ4v) is 7.31. The van der Waals surface area contributed by atoms with Gasteiger partial charge in [0, 0.05) is 88.4 Å². The van der Waals surface area contributed by atoms with Gasteiger partial charge >= 0.3 is 12.2 Å². The molecule has 0 aliphatic carbocycles. The summed E-state index contributed by atoms with van der Waals surface area (Å²) in [5, 5.41) is 0. The zero-order chi connectivity index (χ0) is 38.1. The predicted octanol–water partition coefficient (Wildman–Crippen LogP) is 6.95. The molecular formula is C41H64ClN5O5. The number of piperazine rings is 2. The van der Waals surface area contributed by atoms with Crippen LogP contribution in [0.1, 0.15) is 73.4 Å². The molecule has 3 fully saturated rings. The Labute approximate surface area is 318 Å². The topological polar surface area (TPSA) is 78.0 Å². The summed E-state index contributed by atoms with van der Waals surface area (Å²) >= 11 is 6.17. The Bertz CT molecular complexity index is 1390. The molecule has 11 heteroatoms. The number of benzene rings is 2. The highest BCUT2D eigenvalue weighted by Crippen LogP contribution is 2.24. The first-order valence-corrected chi connectivity index (χ1v) is 19.5. The van der Waals surface area contributed by atoms with E-state index in [0.29, 0.717) is 25.0 Å². The fourth-order valence-electron chi connectivity index (χ4n) is 7.02. The number of nitrogens with zero attached hydrogens (tertiary/aromatic N) is 5. The molecule has 52 heavy (non-hydrogen) atoms. The maximum atomic E-state index is 12.8. The maximum Gasteiger partial charge on any atom is 0.410 e. The zero-order valence-electron chi connectivity index (χ0n) is 33.1. The number of hydrogen-bond acceptors (Lipinski definition) is 8. The molecule has 5 rings (SSSR count). The Morgan fingerprint density at radius 3 is 1.54 bits per heavy atom. The number of halogens is 1.